The molecule has 0 saturated heterocycles. The number of anilines is 3. The average Bonchev–Trinajstić information content (AvgIpc) is 2.55. The molecule has 3 rings (SSSR count). The van der Waals surface area contributed by atoms with Crippen molar-refractivity contribution in [1.29, 1.82) is 5.26 Å². The number of pyridine rings is 1. The van der Waals surface area contributed by atoms with E-state index in [-0.39, 0.29) is 0 Å². The number of rotatable bonds is 2. The first-order valence-corrected chi connectivity index (χ1v) is 6.58. The molecule has 3 aromatic rings. The number of hydrogen-bond donors (Lipinski definition) is 1. The zero-order chi connectivity index (χ0) is 14.8. The minimum atomic E-state index is 0.646. The number of nitrogen functional groups attached to an aromatic ring is 1. The monoisotopic (exact) mass is 274 g/mol. The molecule has 0 unspecified atom stereocenters. The molecule has 2 N–H and O–H groups in total. The third-order valence-corrected chi connectivity index (χ3v) is 3.53. The van der Waals surface area contributed by atoms with Crippen molar-refractivity contribution in [1.82, 2.24) is 4.98 Å². The van der Waals surface area contributed by atoms with Gasteiger partial charge in [0.25, 0.3) is 0 Å². The predicted molar refractivity (Wildman–Crippen MR) is 85.4 cm³/mol. The molecule has 0 aliphatic heterocycles. The SMILES string of the molecule is CN(c1ccc(C#N)cc1)c1ccc(N)c2cccnc12. The van der Waals surface area contributed by atoms with Crippen LogP contribution in [-0.2, 0) is 0 Å². The van der Waals surface area contributed by atoms with Crippen molar-refractivity contribution in [2.24, 2.45) is 0 Å². The second-order valence-corrected chi connectivity index (χ2v) is 4.79. The maximum atomic E-state index is 8.87. The van der Waals surface area contributed by atoms with Gasteiger partial charge in [-0.15, -0.1) is 0 Å². The van der Waals surface area contributed by atoms with Crippen LogP contribution in [0.5, 0.6) is 0 Å². The Hall–Kier alpha value is -3.06. The number of benzene rings is 2. The molecule has 0 radical (unpaired) electrons. The third-order valence-electron chi connectivity index (χ3n) is 3.53. The lowest BCUT2D eigenvalue weighted by Gasteiger charge is -2.21. The minimum absolute atomic E-state index is 0.646. The summed E-state index contributed by atoms with van der Waals surface area (Å²) < 4.78 is 0. The lowest BCUT2D eigenvalue weighted by Crippen LogP contribution is -2.10. The van der Waals surface area contributed by atoms with Crippen molar-refractivity contribution in [3.63, 3.8) is 0 Å². The van der Waals surface area contributed by atoms with Gasteiger partial charge in [-0.25, -0.2) is 0 Å². The van der Waals surface area contributed by atoms with Gasteiger partial charge in [0, 0.05) is 30.0 Å². The quantitative estimate of drug-likeness (QED) is 0.727. The summed E-state index contributed by atoms with van der Waals surface area (Å²) in [6.07, 6.45) is 1.76. The molecule has 2 aromatic carbocycles. The van der Waals surface area contributed by atoms with Gasteiger partial charge in [-0.1, -0.05) is 0 Å². The van der Waals surface area contributed by atoms with Crippen LogP contribution in [0.2, 0.25) is 0 Å². The molecule has 0 atom stereocenters. The molecule has 1 heterocycles. The highest BCUT2D eigenvalue weighted by atomic mass is 15.1. The first-order valence-electron chi connectivity index (χ1n) is 6.58. The second kappa shape index (κ2) is 5.14. The van der Waals surface area contributed by atoms with E-state index in [9.17, 15) is 0 Å². The van der Waals surface area contributed by atoms with Crippen molar-refractivity contribution >= 4 is 28.0 Å². The van der Waals surface area contributed by atoms with Gasteiger partial charge in [-0.2, -0.15) is 5.26 Å². The van der Waals surface area contributed by atoms with Gasteiger partial charge in [0.1, 0.15) is 0 Å². The summed E-state index contributed by atoms with van der Waals surface area (Å²) in [5, 5.41) is 9.81. The van der Waals surface area contributed by atoms with Gasteiger partial charge in [-0.3, -0.25) is 4.98 Å². The van der Waals surface area contributed by atoms with Gasteiger partial charge >= 0.3 is 0 Å². The predicted octanol–water partition coefficient (Wildman–Crippen LogP) is 3.46. The highest BCUT2D eigenvalue weighted by molar-refractivity contribution is 5.99. The number of nitrogens with two attached hydrogens (primary N) is 1. The largest absolute Gasteiger partial charge is 0.398 e. The van der Waals surface area contributed by atoms with E-state index in [1.54, 1.807) is 18.3 Å². The lowest BCUT2D eigenvalue weighted by molar-refractivity contribution is 1.21. The van der Waals surface area contributed by atoms with Crippen LogP contribution in [0.15, 0.2) is 54.7 Å². The van der Waals surface area contributed by atoms with Crippen LogP contribution in [0.3, 0.4) is 0 Å². The van der Waals surface area contributed by atoms with Crippen molar-refractivity contribution in [2.75, 3.05) is 17.7 Å². The zero-order valence-corrected chi connectivity index (χ0v) is 11.6. The summed E-state index contributed by atoms with van der Waals surface area (Å²) in [6, 6.07) is 17.3. The molecule has 0 saturated carbocycles. The lowest BCUT2D eigenvalue weighted by atomic mass is 10.1. The van der Waals surface area contributed by atoms with Crippen LogP contribution in [0.1, 0.15) is 5.56 Å². The van der Waals surface area contributed by atoms with E-state index >= 15 is 0 Å². The van der Waals surface area contributed by atoms with Crippen LogP contribution in [-0.4, -0.2) is 12.0 Å². The molecule has 1 aromatic heterocycles. The van der Waals surface area contributed by atoms with Crippen LogP contribution in [0, 0.1) is 11.3 Å². The molecule has 0 aliphatic carbocycles. The maximum absolute atomic E-state index is 8.87. The Balaban J connectivity index is 2.11. The van der Waals surface area contributed by atoms with E-state index in [0.717, 1.165) is 28.0 Å². The second-order valence-electron chi connectivity index (χ2n) is 4.79. The van der Waals surface area contributed by atoms with Crippen LogP contribution in [0.25, 0.3) is 10.9 Å². The molecule has 21 heavy (non-hydrogen) atoms. The number of fused-ring (bicyclic) bond motifs is 1. The van der Waals surface area contributed by atoms with Gasteiger partial charge in [-0.05, 0) is 48.5 Å². The van der Waals surface area contributed by atoms with Crippen molar-refractivity contribution in [2.45, 2.75) is 0 Å². The van der Waals surface area contributed by atoms with Gasteiger partial charge < -0.3 is 10.6 Å². The minimum Gasteiger partial charge on any atom is -0.398 e. The van der Waals surface area contributed by atoms with Crippen molar-refractivity contribution in [3.8, 4) is 6.07 Å². The maximum Gasteiger partial charge on any atom is 0.0991 e. The van der Waals surface area contributed by atoms with E-state index in [0.29, 0.717) is 5.56 Å². The van der Waals surface area contributed by atoms with Gasteiger partial charge in [0.15, 0.2) is 0 Å². The molecule has 0 aliphatic rings. The highest BCUT2D eigenvalue weighted by Crippen LogP contribution is 2.32. The molecular weight excluding hydrogens is 260 g/mol. The third kappa shape index (κ3) is 2.26. The fourth-order valence-corrected chi connectivity index (χ4v) is 2.35. The summed E-state index contributed by atoms with van der Waals surface area (Å²) in [4.78, 5) is 6.49. The van der Waals surface area contributed by atoms with E-state index in [4.69, 9.17) is 11.0 Å². The summed E-state index contributed by atoms with van der Waals surface area (Å²) >= 11 is 0. The van der Waals surface area contributed by atoms with Crippen LogP contribution >= 0.6 is 0 Å². The molecule has 0 amide bonds. The molecule has 0 bridgehead atoms. The number of nitrogens with zero attached hydrogens (tertiary/aromatic N) is 3. The molecule has 0 spiro atoms. The smallest absolute Gasteiger partial charge is 0.0991 e. The zero-order valence-electron chi connectivity index (χ0n) is 11.6. The van der Waals surface area contributed by atoms with Crippen LogP contribution in [0.4, 0.5) is 17.1 Å². The number of aromatic nitrogens is 1. The Kier molecular flexibility index (Phi) is 3.17. The van der Waals surface area contributed by atoms with E-state index < -0.39 is 0 Å². The molecule has 4 heteroatoms. The van der Waals surface area contributed by atoms with Gasteiger partial charge in [0.05, 0.1) is 22.8 Å². The Bertz CT molecular complexity index is 832. The van der Waals surface area contributed by atoms with E-state index in [2.05, 4.69) is 11.1 Å². The number of nitriles is 1. The topological polar surface area (TPSA) is 65.9 Å². The van der Waals surface area contributed by atoms with Gasteiger partial charge in [0.2, 0.25) is 0 Å². The van der Waals surface area contributed by atoms with Crippen LogP contribution < -0.4 is 10.6 Å². The fraction of sp³-hybridized carbons (Fsp3) is 0.0588. The average molecular weight is 274 g/mol. The summed E-state index contributed by atoms with van der Waals surface area (Å²) in [6.45, 7) is 0. The Morgan fingerprint density at radius 2 is 1.86 bits per heavy atom. The molecule has 4 nitrogen and oxygen atoms in total. The molecule has 102 valence electrons. The first-order chi connectivity index (χ1) is 10.2. The fourth-order valence-electron chi connectivity index (χ4n) is 2.35. The molecular formula is C17H14N4. The normalized spacial score (nSPS) is 10.3. The first kappa shape index (κ1) is 12.9. The standard InChI is InChI=1S/C17H14N4/c1-21(13-6-4-12(11-18)5-7-13)16-9-8-15(19)14-3-2-10-20-17(14)16/h2-10H,19H2,1H3. The highest BCUT2D eigenvalue weighted by Gasteiger charge is 2.10. The molecule has 0 fully saturated rings. The summed E-state index contributed by atoms with van der Waals surface area (Å²) in [7, 11) is 1.97. The Morgan fingerprint density at radius 1 is 1.10 bits per heavy atom. The van der Waals surface area contributed by atoms with E-state index in [1.807, 2.05) is 48.3 Å². The summed E-state index contributed by atoms with van der Waals surface area (Å²) in [5.74, 6) is 0. The van der Waals surface area contributed by atoms with Crippen molar-refractivity contribution < 1.29 is 0 Å². The Labute approximate surface area is 123 Å². The summed E-state index contributed by atoms with van der Waals surface area (Å²) in [5.41, 5.74) is 10.2. The Morgan fingerprint density at radius 3 is 2.57 bits per heavy atom. The van der Waals surface area contributed by atoms with Crippen molar-refractivity contribution in [3.05, 3.63) is 60.3 Å². The van der Waals surface area contributed by atoms with E-state index in [1.165, 1.54) is 0 Å². The number of hydrogen-bond acceptors (Lipinski definition) is 4.